The van der Waals surface area contributed by atoms with Gasteiger partial charge in [0.2, 0.25) is 0 Å². The summed E-state index contributed by atoms with van der Waals surface area (Å²) in [6, 6.07) is -0.0224. The van der Waals surface area contributed by atoms with Gasteiger partial charge in [0.1, 0.15) is 12.2 Å². The quantitative estimate of drug-likeness (QED) is 0.732. The third-order valence-corrected chi connectivity index (χ3v) is 3.55. The molecule has 0 N–H and O–H groups in total. The Kier molecular flexibility index (Phi) is 4.08. The second kappa shape index (κ2) is 5.58. The van der Waals surface area contributed by atoms with Gasteiger partial charge in [-0.15, -0.1) is 0 Å². The summed E-state index contributed by atoms with van der Waals surface area (Å²) in [6.45, 7) is 5.51. The van der Waals surface area contributed by atoms with Crippen LogP contribution in [0.15, 0.2) is 6.33 Å². The molecule has 1 aromatic heterocycles. The van der Waals surface area contributed by atoms with Gasteiger partial charge < -0.3 is 4.90 Å². The number of carbonyl (C=O) groups is 1. The molecule has 1 atom stereocenters. The third-order valence-electron chi connectivity index (χ3n) is 3.55. The Morgan fingerprint density at radius 1 is 1.44 bits per heavy atom. The standard InChI is InChI=1S/C12H21N5O/c1-4-17-12(13-9-14-17)7-11(18)10-8-15(2)5-6-16(10)3/h9-10H,4-8H2,1-3H3. The first-order valence-corrected chi connectivity index (χ1v) is 6.40. The predicted molar refractivity (Wildman–Crippen MR) is 68.3 cm³/mol. The van der Waals surface area contributed by atoms with Crippen molar-refractivity contribution in [1.29, 1.82) is 0 Å². The zero-order valence-corrected chi connectivity index (χ0v) is 11.3. The number of aromatic nitrogens is 3. The highest BCUT2D eigenvalue weighted by Crippen LogP contribution is 2.09. The lowest BCUT2D eigenvalue weighted by atomic mass is 10.1. The van der Waals surface area contributed by atoms with E-state index in [2.05, 4.69) is 26.9 Å². The van der Waals surface area contributed by atoms with Crippen molar-refractivity contribution in [1.82, 2.24) is 24.6 Å². The Bertz CT molecular complexity index is 416. The van der Waals surface area contributed by atoms with Crippen LogP contribution in [0.3, 0.4) is 0 Å². The fourth-order valence-electron chi connectivity index (χ4n) is 2.32. The molecule has 2 heterocycles. The number of likely N-dealkylation sites (N-methyl/N-ethyl adjacent to an activating group) is 2. The fourth-order valence-corrected chi connectivity index (χ4v) is 2.32. The van der Waals surface area contributed by atoms with Gasteiger partial charge in [0.05, 0.1) is 12.5 Å². The molecule has 1 saturated heterocycles. The van der Waals surface area contributed by atoms with Crippen molar-refractivity contribution in [2.75, 3.05) is 33.7 Å². The highest BCUT2D eigenvalue weighted by Gasteiger charge is 2.29. The number of nitrogens with zero attached hydrogens (tertiary/aromatic N) is 5. The van der Waals surface area contributed by atoms with Crippen molar-refractivity contribution in [3.63, 3.8) is 0 Å². The van der Waals surface area contributed by atoms with Crippen molar-refractivity contribution in [3.05, 3.63) is 12.2 Å². The van der Waals surface area contributed by atoms with Gasteiger partial charge in [-0.1, -0.05) is 0 Å². The molecule has 0 bridgehead atoms. The highest BCUT2D eigenvalue weighted by molar-refractivity contribution is 5.85. The molecule has 0 spiro atoms. The van der Waals surface area contributed by atoms with Crippen molar-refractivity contribution < 1.29 is 4.79 Å². The normalized spacial score (nSPS) is 22.3. The molecule has 0 saturated carbocycles. The molecule has 0 aromatic carbocycles. The van der Waals surface area contributed by atoms with Gasteiger partial charge in [0.25, 0.3) is 0 Å². The number of carbonyl (C=O) groups excluding carboxylic acids is 1. The average Bonchev–Trinajstić information content (AvgIpc) is 2.79. The van der Waals surface area contributed by atoms with Crippen molar-refractivity contribution in [3.8, 4) is 0 Å². The molecule has 6 heteroatoms. The second-order valence-electron chi connectivity index (χ2n) is 4.89. The molecule has 1 fully saturated rings. The van der Waals surface area contributed by atoms with Crippen LogP contribution in [0, 0.1) is 0 Å². The lowest BCUT2D eigenvalue weighted by molar-refractivity contribution is -0.125. The van der Waals surface area contributed by atoms with E-state index in [-0.39, 0.29) is 11.8 Å². The Morgan fingerprint density at radius 3 is 2.94 bits per heavy atom. The van der Waals surface area contributed by atoms with Crippen LogP contribution in [-0.4, -0.2) is 70.1 Å². The van der Waals surface area contributed by atoms with Gasteiger partial charge in [0, 0.05) is 26.2 Å². The molecule has 18 heavy (non-hydrogen) atoms. The zero-order chi connectivity index (χ0) is 13.1. The van der Waals surface area contributed by atoms with E-state index in [0.717, 1.165) is 32.0 Å². The fraction of sp³-hybridized carbons (Fsp3) is 0.750. The lowest BCUT2D eigenvalue weighted by Gasteiger charge is -2.36. The summed E-state index contributed by atoms with van der Waals surface area (Å²) in [5.41, 5.74) is 0. The lowest BCUT2D eigenvalue weighted by Crippen LogP contribution is -2.54. The molecule has 2 rings (SSSR count). The molecule has 6 nitrogen and oxygen atoms in total. The number of rotatable bonds is 4. The summed E-state index contributed by atoms with van der Waals surface area (Å²) in [5.74, 6) is 0.996. The number of aryl methyl sites for hydroxylation is 1. The Hall–Kier alpha value is -1.27. The summed E-state index contributed by atoms with van der Waals surface area (Å²) in [4.78, 5) is 20.8. The molecule has 1 aliphatic heterocycles. The van der Waals surface area contributed by atoms with E-state index in [1.165, 1.54) is 6.33 Å². The second-order valence-corrected chi connectivity index (χ2v) is 4.89. The van der Waals surface area contributed by atoms with Gasteiger partial charge in [-0.2, -0.15) is 5.10 Å². The van der Waals surface area contributed by atoms with E-state index >= 15 is 0 Å². The smallest absolute Gasteiger partial charge is 0.158 e. The topological polar surface area (TPSA) is 54.3 Å². The minimum atomic E-state index is -0.0224. The van der Waals surface area contributed by atoms with Crippen LogP contribution < -0.4 is 0 Å². The number of Topliss-reactive ketones (excluding diaryl/α,β-unsaturated/α-hetero) is 1. The summed E-state index contributed by atoms with van der Waals surface area (Å²) >= 11 is 0. The maximum Gasteiger partial charge on any atom is 0.158 e. The Morgan fingerprint density at radius 2 is 2.22 bits per heavy atom. The molecule has 0 amide bonds. The monoisotopic (exact) mass is 251 g/mol. The van der Waals surface area contributed by atoms with Crippen LogP contribution in [0.2, 0.25) is 0 Å². The van der Waals surface area contributed by atoms with E-state index in [1.807, 2.05) is 14.0 Å². The van der Waals surface area contributed by atoms with Crippen molar-refractivity contribution >= 4 is 5.78 Å². The van der Waals surface area contributed by atoms with Gasteiger partial charge in [-0.25, -0.2) is 9.67 Å². The first-order valence-electron chi connectivity index (χ1n) is 6.40. The number of piperazine rings is 1. The van der Waals surface area contributed by atoms with Crippen molar-refractivity contribution in [2.45, 2.75) is 25.9 Å². The van der Waals surface area contributed by atoms with E-state index in [1.54, 1.807) is 4.68 Å². The molecule has 0 radical (unpaired) electrons. The third kappa shape index (κ3) is 2.76. The first kappa shape index (κ1) is 13.2. The maximum atomic E-state index is 12.3. The minimum Gasteiger partial charge on any atom is -0.303 e. The van der Waals surface area contributed by atoms with Crippen LogP contribution >= 0.6 is 0 Å². The predicted octanol–water partition coefficient (Wildman–Crippen LogP) is -0.345. The van der Waals surface area contributed by atoms with Crippen molar-refractivity contribution in [2.24, 2.45) is 0 Å². The van der Waals surface area contributed by atoms with Gasteiger partial charge in [0.15, 0.2) is 5.78 Å². The largest absolute Gasteiger partial charge is 0.303 e. The molecule has 1 unspecified atom stereocenters. The van der Waals surface area contributed by atoms with Gasteiger partial charge in [-0.3, -0.25) is 9.69 Å². The number of hydrogen-bond acceptors (Lipinski definition) is 5. The van der Waals surface area contributed by atoms with Crippen LogP contribution in [0.1, 0.15) is 12.7 Å². The molecular weight excluding hydrogens is 230 g/mol. The van der Waals surface area contributed by atoms with Crippen LogP contribution in [0.5, 0.6) is 0 Å². The van der Waals surface area contributed by atoms with Gasteiger partial charge >= 0.3 is 0 Å². The Balaban J connectivity index is 2.03. The van der Waals surface area contributed by atoms with E-state index < -0.39 is 0 Å². The summed E-state index contributed by atoms with van der Waals surface area (Å²) < 4.78 is 1.78. The summed E-state index contributed by atoms with van der Waals surface area (Å²) in [7, 11) is 4.07. The summed E-state index contributed by atoms with van der Waals surface area (Å²) in [5, 5.41) is 4.10. The van der Waals surface area contributed by atoms with E-state index in [0.29, 0.717) is 6.42 Å². The molecule has 1 aromatic rings. The maximum absolute atomic E-state index is 12.3. The molecule has 0 aliphatic carbocycles. The number of ketones is 1. The zero-order valence-electron chi connectivity index (χ0n) is 11.3. The Labute approximate surface area is 108 Å². The van der Waals surface area contributed by atoms with E-state index in [9.17, 15) is 4.79 Å². The van der Waals surface area contributed by atoms with Crippen LogP contribution in [-0.2, 0) is 17.8 Å². The minimum absolute atomic E-state index is 0.0224. The SMILES string of the molecule is CCn1ncnc1CC(=O)C1CN(C)CCN1C. The molecular formula is C12H21N5O. The van der Waals surface area contributed by atoms with Gasteiger partial charge in [-0.05, 0) is 21.0 Å². The molecule has 100 valence electrons. The first-order chi connectivity index (χ1) is 8.61. The summed E-state index contributed by atoms with van der Waals surface area (Å²) in [6.07, 6.45) is 1.89. The van der Waals surface area contributed by atoms with E-state index in [4.69, 9.17) is 0 Å². The number of hydrogen-bond donors (Lipinski definition) is 0. The average molecular weight is 251 g/mol. The molecule has 1 aliphatic rings. The van der Waals surface area contributed by atoms with Crippen LogP contribution in [0.4, 0.5) is 0 Å². The highest BCUT2D eigenvalue weighted by atomic mass is 16.1. The van der Waals surface area contributed by atoms with Crippen LogP contribution in [0.25, 0.3) is 0 Å².